The van der Waals surface area contributed by atoms with E-state index in [1.807, 2.05) is 25.7 Å². The first-order valence-electron chi connectivity index (χ1n) is 7.35. The highest BCUT2D eigenvalue weighted by atomic mass is 16.6. The zero-order valence-electron chi connectivity index (χ0n) is 12.7. The zero-order chi connectivity index (χ0) is 14.5. The summed E-state index contributed by atoms with van der Waals surface area (Å²) in [4.78, 5) is 25.7. The molecule has 1 atom stereocenters. The van der Waals surface area contributed by atoms with Gasteiger partial charge in [0.15, 0.2) is 0 Å². The molecule has 0 saturated carbocycles. The van der Waals surface area contributed by atoms with Gasteiger partial charge in [-0.2, -0.15) is 0 Å². The van der Waals surface area contributed by atoms with Crippen molar-refractivity contribution in [1.29, 1.82) is 0 Å². The molecule has 0 aromatic rings. The Morgan fingerprint density at radius 2 is 1.89 bits per heavy atom. The van der Waals surface area contributed by atoms with Gasteiger partial charge in [0.25, 0.3) is 0 Å². The SMILES string of the molecule is CCC1CCCCN1C(=O)CCC(=O)OC(C)(C)C. The summed E-state index contributed by atoms with van der Waals surface area (Å²) in [5.74, 6) is -0.191. The lowest BCUT2D eigenvalue weighted by molar-refractivity contribution is -0.156. The lowest BCUT2D eigenvalue weighted by Gasteiger charge is -2.35. The molecule has 1 aliphatic rings. The lowest BCUT2D eigenvalue weighted by Crippen LogP contribution is -2.43. The number of nitrogens with zero attached hydrogens (tertiary/aromatic N) is 1. The maximum atomic E-state index is 12.2. The van der Waals surface area contributed by atoms with Crippen molar-refractivity contribution in [2.45, 2.75) is 77.9 Å². The van der Waals surface area contributed by atoms with Crippen molar-refractivity contribution in [1.82, 2.24) is 4.90 Å². The predicted molar refractivity (Wildman–Crippen MR) is 74.7 cm³/mol. The van der Waals surface area contributed by atoms with Crippen molar-refractivity contribution in [3.8, 4) is 0 Å². The van der Waals surface area contributed by atoms with E-state index in [0.29, 0.717) is 6.04 Å². The molecule has 1 amide bonds. The van der Waals surface area contributed by atoms with E-state index in [1.54, 1.807) is 0 Å². The third kappa shape index (κ3) is 5.62. The molecule has 1 unspecified atom stereocenters. The van der Waals surface area contributed by atoms with Gasteiger partial charge in [0.05, 0.1) is 6.42 Å². The summed E-state index contributed by atoms with van der Waals surface area (Å²) in [6, 6.07) is 0.361. The fourth-order valence-corrected chi connectivity index (χ4v) is 2.50. The molecule has 1 heterocycles. The van der Waals surface area contributed by atoms with Crippen molar-refractivity contribution in [3.05, 3.63) is 0 Å². The summed E-state index contributed by atoms with van der Waals surface area (Å²) in [6.45, 7) is 8.47. The number of likely N-dealkylation sites (tertiary alicyclic amines) is 1. The van der Waals surface area contributed by atoms with Crippen LogP contribution >= 0.6 is 0 Å². The number of ether oxygens (including phenoxy) is 1. The van der Waals surface area contributed by atoms with Crippen LogP contribution in [-0.2, 0) is 14.3 Å². The zero-order valence-corrected chi connectivity index (χ0v) is 12.7. The number of hydrogen-bond donors (Lipinski definition) is 0. The van der Waals surface area contributed by atoms with Gasteiger partial charge in [-0.15, -0.1) is 0 Å². The maximum absolute atomic E-state index is 12.2. The molecule has 0 N–H and O–H groups in total. The number of hydrogen-bond acceptors (Lipinski definition) is 3. The Morgan fingerprint density at radius 3 is 2.47 bits per heavy atom. The number of carbonyl (C=O) groups excluding carboxylic acids is 2. The molecule has 0 aromatic carbocycles. The van der Waals surface area contributed by atoms with Gasteiger partial charge in [0, 0.05) is 19.0 Å². The van der Waals surface area contributed by atoms with E-state index in [0.717, 1.165) is 25.8 Å². The van der Waals surface area contributed by atoms with Crippen molar-refractivity contribution in [2.24, 2.45) is 0 Å². The quantitative estimate of drug-likeness (QED) is 0.737. The maximum Gasteiger partial charge on any atom is 0.306 e. The minimum atomic E-state index is -0.475. The first kappa shape index (κ1) is 16.0. The lowest BCUT2D eigenvalue weighted by atomic mass is 9.99. The van der Waals surface area contributed by atoms with Crippen LogP contribution in [0.5, 0.6) is 0 Å². The second kappa shape index (κ2) is 6.92. The van der Waals surface area contributed by atoms with Crippen molar-refractivity contribution < 1.29 is 14.3 Å². The molecule has 0 aliphatic carbocycles. The van der Waals surface area contributed by atoms with E-state index in [-0.39, 0.29) is 24.7 Å². The average molecular weight is 269 g/mol. The molecule has 0 aromatic heterocycles. The van der Waals surface area contributed by atoms with Gasteiger partial charge < -0.3 is 9.64 Å². The Hall–Kier alpha value is -1.06. The Balaban J connectivity index is 2.39. The van der Waals surface area contributed by atoms with E-state index in [2.05, 4.69) is 6.92 Å². The molecule has 110 valence electrons. The molecule has 1 fully saturated rings. The number of carbonyl (C=O) groups is 2. The second-order valence-electron chi connectivity index (χ2n) is 6.23. The summed E-state index contributed by atoms with van der Waals surface area (Å²) >= 11 is 0. The molecule has 4 heteroatoms. The largest absolute Gasteiger partial charge is 0.460 e. The van der Waals surface area contributed by atoms with E-state index < -0.39 is 5.60 Å². The van der Waals surface area contributed by atoms with Gasteiger partial charge in [-0.3, -0.25) is 9.59 Å². The highest BCUT2D eigenvalue weighted by Gasteiger charge is 2.26. The smallest absolute Gasteiger partial charge is 0.306 e. The molecule has 1 aliphatic heterocycles. The van der Waals surface area contributed by atoms with E-state index >= 15 is 0 Å². The van der Waals surface area contributed by atoms with Gasteiger partial charge in [0.2, 0.25) is 5.91 Å². The number of rotatable bonds is 4. The van der Waals surface area contributed by atoms with E-state index in [4.69, 9.17) is 4.74 Å². The molecule has 4 nitrogen and oxygen atoms in total. The van der Waals surface area contributed by atoms with Crippen LogP contribution in [0.25, 0.3) is 0 Å². The van der Waals surface area contributed by atoms with Crippen LogP contribution in [0.1, 0.15) is 66.2 Å². The summed E-state index contributed by atoms with van der Waals surface area (Å²) in [7, 11) is 0. The Kier molecular flexibility index (Phi) is 5.83. The first-order chi connectivity index (χ1) is 8.83. The molecule has 1 rings (SSSR count). The van der Waals surface area contributed by atoms with Gasteiger partial charge in [-0.05, 0) is 46.5 Å². The molecule has 0 bridgehead atoms. The number of piperidine rings is 1. The van der Waals surface area contributed by atoms with E-state index in [9.17, 15) is 9.59 Å². The summed E-state index contributed by atoms with van der Waals surface area (Å²) in [6.07, 6.45) is 4.82. The molecule has 0 spiro atoms. The van der Waals surface area contributed by atoms with Crippen molar-refractivity contribution in [3.63, 3.8) is 0 Å². The topological polar surface area (TPSA) is 46.6 Å². The van der Waals surface area contributed by atoms with Crippen LogP contribution in [0.4, 0.5) is 0 Å². The van der Waals surface area contributed by atoms with Gasteiger partial charge >= 0.3 is 5.97 Å². The van der Waals surface area contributed by atoms with Crippen LogP contribution in [0, 0.1) is 0 Å². The van der Waals surface area contributed by atoms with E-state index in [1.165, 1.54) is 6.42 Å². The fraction of sp³-hybridized carbons (Fsp3) is 0.867. The second-order valence-corrected chi connectivity index (χ2v) is 6.23. The number of amides is 1. The standard InChI is InChI=1S/C15H27NO3/c1-5-12-8-6-7-11-16(12)13(17)9-10-14(18)19-15(2,3)4/h12H,5-11H2,1-4H3. The highest BCUT2D eigenvalue weighted by Crippen LogP contribution is 2.20. The minimum Gasteiger partial charge on any atom is -0.460 e. The Morgan fingerprint density at radius 1 is 1.21 bits per heavy atom. The van der Waals surface area contributed by atoms with Crippen LogP contribution in [-0.4, -0.2) is 35.0 Å². The molecule has 1 saturated heterocycles. The summed E-state index contributed by atoms with van der Waals surface area (Å²) in [5, 5.41) is 0. The molecule has 0 radical (unpaired) electrons. The van der Waals surface area contributed by atoms with Crippen LogP contribution in [0.15, 0.2) is 0 Å². The first-order valence-corrected chi connectivity index (χ1v) is 7.35. The minimum absolute atomic E-state index is 0.0948. The molecular weight excluding hydrogens is 242 g/mol. The van der Waals surface area contributed by atoms with Crippen molar-refractivity contribution >= 4 is 11.9 Å². The predicted octanol–water partition coefficient (Wildman–Crippen LogP) is 2.90. The van der Waals surface area contributed by atoms with Crippen LogP contribution in [0.2, 0.25) is 0 Å². The third-order valence-electron chi connectivity index (χ3n) is 3.38. The Bertz CT molecular complexity index is 320. The molecular formula is C15H27NO3. The monoisotopic (exact) mass is 269 g/mol. The summed E-state index contributed by atoms with van der Waals surface area (Å²) in [5.41, 5.74) is -0.475. The summed E-state index contributed by atoms with van der Waals surface area (Å²) < 4.78 is 5.22. The third-order valence-corrected chi connectivity index (χ3v) is 3.38. The van der Waals surface area contributed by atoms with Crippen molar-refractivity contribution in [2.75, 3.05) is 6.54 Å². The number of esters is 1. The van der Waals surface area contributed by atoms with Gasteiger partial charge in [-0.1, -0.05) is 6.92 Å². The molecule has 19 heavy (non-hydrogen) atoms. The Labute approximate surface area is 116 Å². The fourth-order valence-electron chi connectivity index (χ4n) is 2.50. The van der Waals surface area contributed by atoms with Crippen LogP contribution in [0.3, 0.4) is 0 Å². The normalized spacial score (nSPS) is 20.2. The van der Waals surface area contributed by atoms with Gasteiger partial charge in [-0.25, -0.2) is 0 Å². The van der Waals surface area contributed by atoms with Gasteiger partial charge in [0.1, 0.15) is 5.60 Å². The average Bonchev–Trinajstić information content (AvgIpc) is 2.33. The van der Waals surface area contributed by atoms with Crippen LogP contribution < -0.4 is 0 Å². The highest BCUT2D eigenvalue weighted by molar-refractivity contribution is 5.81.